The van der Waals surface area contributed by atoms with E-state index in [-0.39, 0.29) is 0 Å². The average Bonchev–Trinajstić information content (AvgIpc) is 2.88. The van der Waals surface area contributed by atoms with Gasteiger partial charge in [0, 0.05) is 0 Å². The zero-order valence-corrected chi connectivity index (χ0v) is 10.5. The molecule has 1 aromatic rings. The van der Waals surface area contributed by atoms with Crippen molar-refractivity contribution in [1.29, 1.82) is 0 Å². The molecule has 0 radical (unpaired) electrons. The first-order valence-electron chi connectivity index (χ1n) is 6.48. The van der Waals surface area contributed by atoms with E-state index in [2.05, 4.69) is 5.32 Å². The maximum atomic E-state index is 5.68. The first-order chi connectivity index (χ1) is 8.38. The Bertz CT molecular complexity index is 317. The normalized spacial score (nSPS) is 16.1. The number of hydrogen-bond acceptors (Lipinski definition) is 2. The summed E-state index contributed by atoms with van der Waals surface area (Å²) in [4.78, 5) is 0. The molecule has 0 unspecified atom stereocenters. The van der Waals surface area contributed by atoms with E-state index in [1.807, 2.05) is 24.3 Å². The molecule has 1 saturated carbocycles. The SMILES string of the molecule is COc1ccc(OCC[NH2+]C2CCCC2)cc1. The van der Waals surface area contributed by atoms with Crippen LogP contribution in [0.3, 0.4) is 0 Å². The van der Waals surface area contributed by atoms with Crippen LogP contribution < -0.4 is 14.8 Å². The Kier molecular flexibility index (Phi) is 4.68. The molecule has 94 valence electrons. The molecular formula is C14H22NO2+. The second-order valence-corrected chi connectivity index (χ2v) is 4.59. The van der Waals surface area contributed by atoms with Gasteiger partial charge in [-0.25, -0.2) is 0 Å². The number of methoxy groups -OCH3 is 1. The molecule has 1 aliphatic carbocycles. The van der Waals surface area contributed by atoms with Gasteiger partial charge in [0.25, 0.3) is 0 Å². The number of rotatable bonds is 6. The maximum absolute atomic E-state index is 5.68. The zero-order valence-electron chi connectivity index (χ0n) is 10.5. The highest BCUT2D eigenvalue weighted by Crippen LogP contribution is 2.16. The van der Waals surface area contributed by atoms with E-state index in [1.165, 1.54) is 25.7 Å². The number of quaternary nitrogens is 1. The molecule has 0 atom stereocenters. The third kappa shape index (κ3) is 3.93. The minimum absolute atomic E-state index is 0.781. The molecule has 0 saturated heterocycles. The molecule has 2 N–H and O–H groups in total. The predicted octanol–water partition coefficient (Wildman–Crippen LogP) is 1.58. The molecule has 0 aliphatic heterocycles. The minimum Gasteiger partial charge on any atom is -0.497 e. The highest BCUT2D eigenvalue weighted by atomic mass is 16.5. The Hall–Kier alpha value is -1.22. The average molecular weight is 236 g/mol. The Labute approximate surface area is 103 Å². The van der Waals surface area contributed by atoms with E-state index in [0.29, 0.717) is 0 Å². The van der Waals surface area contributed by atoms with Gasteiger partial charge < -0.3 is 14.8 Å². The molecule has 1 aliphatic rings. The van der Waals surface area contributed by atoms with E-state index in [1.54, 1.807) is 7.11 Å². The highest BCUT2D eigenvalue weighted by molar-refractivity contribution is 5.31. The van der Waals surface area contributed by atoms with Crippen LogP contribution in [-0.2, 0) is 0 Å². The predicted molar refractivity (Wildman–Crippen MR) is 67.5 cm³/mol. The summed E-state index contributed by atoms with van der Waals surface area (Å²) in [5.41, 5.74) is 0. The fourth-order valence-electron chi connectivity index (χ4n) is 2.35. The third-order valence-electron chi connectivity index (χ3n) is 3.35. The molecule has 0 spiro atoms. The first kappa shape index (κ1) is 12.2. The van der Waals surface area contributed by atoms with Crippen LogP contribution in [0, 0.1) is 0 Å². The van der Waals surface area contributed by atoms with Crippen molar-refractivity contribution in [3.63, 3.8) is 0 Å². The molecule has 2 rings (SSSR count). The number of ether oxygens (including phenoxy) is 2. The van der Waals surface area contributed by atoms with Gasteiger partial charge in [-0.1, -0.05) is 0 Å². The monoisotopic (exact) mass is 236 g/mol. The lowest BCUT2D eigenvalue weighted by molar-refractivity contribution is -0.688. The van der Waals surface area contributed by atoms with Crippen LogP contribution in [0.5, 0.6) is 11.5 Å². The van der Waals surface area contributed by atoms with Crippen LogP contribution >= 0.6 is 0 Å². The Balaban J connectivity index is 1.63. The molecule has 0 heterocycles. The number of hydrogen-bond donors (Lipinski definition) is 1. The molecule has 1 aromatic carbocycles. The first-order valence-corrected chi connectivity index (χ1v) is 6.48. The smallest absolute Gasteiger partial charge is 0.137 e. The maximum Gasteiger partial charge on any atom is 0.137 e. The van der Waals surface area contributed by atoms with Gasteiger partial charge in [-0.05, 0) is 49.9 Å². The van der Waals surface area contributed by atoms with Gasteiger partial charge in [-0.2, -0.15) is 0 Å². The summed E-state index contributed by atoms with van der Waals surface area (Å²) in [5, 5.41) is 2.43. The summed E-state index contributed by atoms with van der Waals surface area (Å²) in [6.45, 7) is 1.83. The number of nitrogens with two attached hydrogens (primary N) is 1. The summed E-state index contributed by atoms with van der Waals surface area (Å²) in [6.07, 6.45) is 5.56. The van der Waals surface area contributed by atoms with Crippen molar-refractivity contribution < 1.29 is 14.8 Å². The van der Waals surface area contributed by atoms with Gasteiger partial charge in [0.05, 0.1) is 13.2 Å². The van der Waals surface area contributed by atoms with Gasteiger partial charge >= 0.3 is 0 Å². The van der Waals surface area contributed by atoms with E-state index < -0.39 is 0 Å². The van der Waals surface area contributed by atoms with E-state index >= 15 is 0 Å². The second-order valence-electron chi connectivity index (χ2n) is 4.59. The van der Waals surface area contributed by atoms with Crippen molar-refractivity contribution in [3.05, 3.63) is 24.3 Å². The van der Waals surface area contributed by atoms with Crippen molar-refractivity contribution in [2.24, 2.45) is 0 Å². The quantitative estimate of drug-likeness (QED) is 0.761. The van der Waals surface area contributed by atoms with Crippen LogP contribution in [0.1, 0.15) is 25.7 Å². The Morgan fingerprint density at radius 2 is 1.76 bits per heavy atom. The molecular weight excluding hydrogens is 214 g/mol. The van der Waals surface area contributed by atoms with Gasteiger partial charge in [0.1, 0.15) is 24.7 Å². The lowest BCUT2D eigenvalue weighted by Gasteiger charge is -2.09. The summed E-state index contributed by atoms with van der Waals surface area (Å²) in [6, 6.07) is 8.60. The van der Waals surface area contributed by atoms with Crippen LogP contribution in [0.2, 0.25) is 0 Å². The Morgan fingerprint density at radius 1 is 1.12 bits per heavy atom. The highest BCUT2D eigenvalue weighted by Gasteiger charge is 2.16. The zero-order chi connectivity index (χ0) is 11.9. The molecule has 0 bridgehead atoms. The van der Waals surface area contributed by atoms with E-state index in [0.717, 1.165) is 30.7 Å². The largest absolute Gasteiger partial charge is 0.497 e. The topological polar surface area (TPSA) is 35.1 Å². The van der Waals surface area contributed by atoms with E-state index in [9.17, 15) is 0 Å². The van der Waals surface area contributed by atoms with E-state index in [4.69, 9.17) is 9.47 Å². The lowest BCUT2D eigenvalue weighted by Crippen LogP contribution is -2.90. The Morgan fingerprint density at radius 3 is 2.41 bits per heavy atom. The second kappa shape index (κ2) is 6.50. The van der Waals surface area contributed by atoms with Crippen molar-refractivity contribution in [3.8, 4) is 11.5 Å². The van der Waals surface area contributed by atoms with Crippen molar-refractivity contribution in [1.82, 2.24) is 0 Å². The molecule has 0 aromatic heterocycles. The summed E-state index contributed by atoms with van der Waals surface area (Å²) >= 11 is 0. The van der Waals surface area contributed by atoms with Crippen LogP contribution in [0.15, 0.2) is 24.3 Å². The fourth-order valence-corrected chi connectivity index (χ4v) is 2.35. The standard InChI is InChI=1S/C14H21NO2/c1-16-13-6-8-14(9-7-13)17-11-10-15-12-4-2-3-5-12/h6-9,12,15H,2-5,10-11H2,1H3/p+1. The van der Waals surface area contributed by atoms with Gasteiger partial charge in [-0.3, -0.25) is 0 Å². The molecule has 3 heteroatoms. The fraction of sp³-hybridized carbons (Fsp3) is 0.571. The van der Waals surface area contributed by atoms with Gasteiger partial charge in [0.2, 0.25) is 0 Å². The molecule has 1 fully saturated rings. The van der Waals surface area contributed by atoms with Crippen LogP contribution in [0.25, 0.3) is 0 Å². The third-order valence-corrected chi connectivity index (χ3v) is 3.35. The summed E-state index contributed by atoms with van der Waals surface area (Å²) in [7, 11) is 1.67. The van der Waals surface area contributed by atoms with Crippen molar-refractivity contribution in [2.45, 2.75) is 31.7 Å². The van der Waals surface area contributed by atoms with Crippen LogP contribution in [0.4, 0.5) is 0 Å². The summed E-state index contributed by atoms with van der Waals surface area (Å²) in [5.74, 6) is 1.79. The van der Waals surface area contributed by atoms with Gasteiger partial charge in [-0.15, -0.1) is 0 Å². The minimum atomic E-state index is 0.781. The molecule has 3 nitrogen and oxygen atoms in total. The number of benzene rings is 1. The van der Waals surface area contributed by atoms with Gasteiger partial charge in [0.15, 0.2) is 0 Å². The summed E-state index contributed by atoms with van der Waals surface area (Å²) < 4.78 is 10.8. The van der Waals surface area contributed by atoms with Crippen molar-refractivity contribution >= 4 is 0 Å². The van der Waals surface area contributed by atoms with Crippen LogP contribution in [-0.4, -0.2) is 26.3 Å². The molecule has 0 amide bonds. The lowest BCUT2D eigenvalue weighted by atomic mass is 10.2. The molecule has 17 heavy (non-hydrogen) atoms. The van der Waals surface area contributed by atoms with Crippen molar-refractivity contribution in [2.75, 3.05) is 20.3 Å².